The van der Waals surface area contributed by atoms with Crippen molar-refractivity contribution in [2.24, 2.45) is 0 Å². The Morgan fingerprint density at radius 2 is 1.65 bits per heavy atom. The lowest BCUT2D eigenvalue weighted by Crippen LogP contribution is -1.96. The summed E-state index contributed by atoms with van der Waals surface area (Å²) in [5.41, 5.74) is 1.72. The molecule has 0 N–H and O–H groups in total. The summed E-state index contributed by atoms with van der Waals surface area (Å²) in [4.78, 5) is 33.0. The predicted molar refractivity (Wildman–Crippen MR) is 82.2 cm³/mol. The predicted octanol–water partition coefficient (Wildman–Crippen LogP) is 3.33. The summed E-state index contributed by atoms with van der Waals surface area (Å²) in [6.07, 6.45) is 1.79. The molecule has 0 saturated carbocycles. The van der Waals surface area contributed by atoms with Crippen LogP contribution in [0.3, 0.4) is 0 Å². The number of nitrogens with zero attached hydrogens (tertiary/aromatic N) is 2. The van der Waals surface area contributed by atoms with Crippen LogP contribution in [0.2, 0.25) is 0 Å². The molecule has 114 valence electrons. The highest BCUT2D eigenvalue weighted by Gasteiger charge is 2.30. The molecular formula is C16H10N2O5. The highest BCUT2D eigenvalue weighted by Crippen LogP contribution is 2.34. The smallest absolute Gasteiger partial charge is 0.273 e. The average molecular weight is 310 g/mol. The molecule has 7 nitrogen and oxygen atoms in total. The molecule has 1 aliphatic rings. The molecule has 0 saturated heterocycles. The van der Waals surface area contributed by atoms with Gasteiger partial charge in [-0.2, -0.15) is 0 Å². The molecule has 23 heavy (non-hydrogen) atoms. The number of hydrogen-bond acceptors (Lipinski definition) is 5. The van der Waals surface area contributed by atoms with E-state index in [1.165, 1.54) is 36.4 Å². The van der Waals surface area contributed by atoms with Crippen molar-refractivity contribution in [3.8, 4) is 0 Å². The van der Waals surface area contributed by atoms with Crippen LogP contribution in [0.15, 0.2) is 48.0 Å². The average Bonchev–Trinajstić information content (AvgIpc) is 2.84. The minimum absolute atomic E-state index is 0.0381. The Morgan fingerprint density at radius 3 is 2.26 bits per heavy atom. The fraction of sp³-hybridized carbons (Fsp3) is 0.0625. The number of rotatable bonds is 3. The van der Waals surface area contributed by atoms with E-state index >= 15 is 0 Å². The molecule has 0 spiro atoms. The van der Waals surface area contributed by atoms with Gasteiger partial charge in [-0.15, -0.1) is 0 Å². The summed E-state index contributed by atoms with van der Waals surface area (Å²) in [6.45, 7) is 0. The number of benzene rings is 2. The number of hydrogen-bond donors (Lipinski definition) is 0. The maximum atomic E-state index is 12.4. The third-order valence-corrected chi connectivity index (χ3v) is 3.70. The standard InChI is InChI=1S/C16H10N2O5/c19-16-11(8-10-4-6-12(7-5-10)17(20)21)9-14-13(16)2-1-3-15(14)18(22)23/h1-8H,9H2. The van der Waals surface area contributed by atoms with Gasteiger partial charge in [-0.05, 0) is 23.8 Å². The van der Waals surface area contributed by atoms with E-state index in [-0.39, 0.29) is 23.6 Å². The van der Waals surface area contributed by atoms with Gasteiger partial charge >= 0.3 is 0 Å². The lowest BCUT2D eigenvalue weighted by atomic mass is 10.1. The molecule has 1 aliphatic carbocycles. The first kappa shape index (κ1) is 14.6. The molecule has 0 atom stereocenters. The van der Waals surface area contributed by atoms with Crippen molar-refractivity contribution >= 4 is 23.2 Å². The normalized spacial score (nSPS) is 14.8. The number of carbonyl (C=O) groups is 1. The Hall–Kier alpha value is -3.35. The first-order chi connectivity index (χ1) is 11.0. The lowest BCUT2D eigenvalue weighted by Gasteiger charge is -1.97. The monoisotopic (exact) mass is 310 g/mol. The molecular weight excluding hydrogens is 300 g/mol. The molecule has 3 rings (SSSR count). The van der Waals surface area contributed by atoms with Gasteiger partial charge in [0.15, 0.2) is 5.78 Å². The Morgan fingerprint density at radius 1 is 0.957 bits per heavy atom. The van der Waals surface area contributed by atoms with E-state index in [1.54, 1.807) is 12.1 Å². The number of carbonyl (C=O) groups excluding carboxylic acids is 1. The maximum absolute atomic E-state index is 12.4. The number of nitro benzene ring substituents is 2. The van der Waals surface area contributed by atoms with Gasteiger partial charge in [-0.25, -0.2) is 0 Å². The van der Waals surface area contributed by atoms with Crippen LogP contribution in [0.4, 0.5) is 11.4 Å². The van der Waals surface area contributed by atoms with Crippen LogP contribution >= 0.6 is 0 Å². The van der Waals surface area contributed by atoms with Crippen molar-refractivity contribution in [3.05, 3.63) is 85.0 Å². The van der Waals surface area contributed by atoms with Gasteiger partial charge in [-0.3, -0.25) is 25.0 Å². The fourth-order valence-corrected chi connectivity index (χ4v) is 2.60. The SMILES string of the molecule is O=C1C(=Cc2ccc([N+](=O)[O-])cc2)Cc2c1cccc2[N+](=O)[O-]. The van der Waals surface area contributed by atoms with Crippen molar-refractivity contribution in [3.63, 3.8) is 0 Å². The topological polar surface area (TPSA) is 103 Å². The fourth-order valence-electron chi connectivity index (χ4n) is 2.60. The van der Waals surface area contributed by atoms with Crippen LogP contribution in [0, 0.1) is 20.2 Å². The highest BCUT2D eigenvalue weighted by molar-refractivity contribution is 6.16. The zero-order valence-electron chi connectivity index (χ0n) is 11.8. The van der Waals surface area contributed by atoms with Crippen molar-refractivity contribution in [2.75, 3.05) is 0 Å². The first-order valence-electron chi connectivity index (χ1n) is 6.73. The third-order valence-electron chi connectivity index (χ3n) is 3.70. The minimum atomic E-state index is -0.503. The summed E-state index contributed by atoms with van der Waals surface area (Å²) in [7, 11) is 0. The number of Topliss-reactive ketones (excluding diaryl/α,β-unsaturated/α-hetero) is 1. The van der Waals surface area contributed by atoms with Crippen LogP contribution in [0.5, 0.6) is 0 Å². The van der Waals surface area contributed by atoms with E-state index in [2.05, 4.69) is 0 Å². The maximum Gasteiger partial charge on any atom is 0.273 e. The number of allylic oxidation sites excluding steroid dienone is 1. The molecule has 0 fully saturated rings. The van der Waals surface area contributed by atoms with Gasteiger partial charge < -0.3 is 0 Å². The van der Waals surface area contributed by atoms with Crippen LogP contribution < -0.4 is 0 Å². The van der Waals surface area contributed by atoms with Crippen LogP contribution in [-0.4, -0.2) is 15.6 Å². The molecule has 7 heteroatoms. The van der Waals surface area contributed by atoms with Gasteiger partial charge in [0.05, 0.1) is 9.85 Å². The van der Waals surface area contributed by atoms with Crippen LogP contribution in [0.25, 0.3) is 6.08 Å². The van der Waals surface area contributed by atoms with E-state index in [1.807, 2.05) is 0 Å². The summed E-state index contributed by atoms with van der Waals surface area (Å²) < 4.78 is 0. The molecule has 0 aliphatic heterocycles. The molecule has 2 aromatic rings. The third kappa shape index (κ3) is 2.59. The minimum Gasteiger partial charge on any atom is -0.289 e. The van der Waals surface area contributed by atoms with Crippen molar-refractivity contribution in [1.29, 1.82) is 0 Å². The highest BCUT2D eigenvalue weighted by atomic mass is 16.6. The van der Waals surface area contributed by atoms with Crippen LogP contribution in [-0.2, 0) is 6.42 Å². The Labute approximate surface area is 130 Å². The first-order valence-corrected chi connectivity index (χ1v) is 6.73. The van der Waals surface area contributed by atoms with Crippen molar-refractivity contribution in [2.45, 2.75) is 6.42 Å². The van der Waals surface area contributed by atoms with E-state index in [0.29, 0.717) is 22.3 Å². The van der Waals surface area contributed by atoms with E-state index < -0.39 is 9.85 Å². The second kappa shape index (κ2) is 5.45. The Balaban J connectivity index is 1.97. The summed E-state index contributed by atoms with van der Waals surface area (Å²) in [5.74, 6) is -0.248. The van der Waals surface area contributed by atoms with Gasteiger partial charge in [0.25, 0.3) is 11.4 Å². The number of nitro groups is 2. The van der Waals surface area contributed by atoms with Crippen LogP contribution in [0.1, 0.15) is 21.5 Å². The molecule has 0 bridgehead atoms. The molecule has 2 aromatic carbocycles. The van der Waals surface area contributed by atoms with E-state index in [4.69, 9.17) is 0 Å². The molecule has 0 amide bonds. The molecule has 0 radical (unpaired) electrons. The second-order valence-corrected chi connectivity index (χ2v) is 5.08. The van der Waals surface area contributed by atoms with E-state index in [9.17, 15) is 25.0 Å². The lowest BCUT2D eigenvalue weighted by molar-refractivity contribution is -0.385. The zero-order valence-corrected chi connectivity index (χ0v) is 11.8. The summed E-state index contributed by atoms with van der Waals surface area (Å²) in [5, 5.41) is 21.7. The quantitative estimate of drug-likeness (QED) is 0.491. The number of non-ortho nitro benzene ring substituents is 1. The molecule has 0 unspecified atom stereocenters. The van der Waals surface area contributed by atoms with E-state index in [0.717, 1.165) is 0 Å². The van der Waals surface area contributed by atoms with Gasteiger partial charge in [-0.1, -0.05) is 12.1 Å². The molecule has 0 aromatic heterocycles. The molecule has 0 heterocycles. The Bertz CT molecular complexity index is 869. The van der Waals surface area contributed by atoms with Gasteiger partial charge in [0, 0.05) is 41.3 Å². The summed E-state index contributed by atoms with van der Waals surface area (Å²) >= 11 is 0. The number of ketones is 1. The van der Waals surface area contributed by atoms with Gasteiger partial charge in [0.2, 0.25) is 0 Å². The summed E-state index contributed by atoms with van der Waals surface area (Å²) in [6, 6.07) is 10.2. The number of fused-ring (bicyclic) bond motifs is 1. The Kier molecular flexibility index (Phi) is 3.46. The van der Waals surface area contributed by atoms with Crippen molar-refractivity contribution < 1.29 is 14.6 Å². The second-order valence-electron chi connectivity index (χ2n) is 5.08. The zero-order chi connectivity index (χ0) is 16.6. The largest absolute Gasteiger partial charge is 0.289 e. The van der Waals surface area contributed by atoms with Crippen molar-refractivity contribution in [1.82, 2.24) is 0 Å². The van der Waals surface area contributed by atoms with Gasteiger partial charge in [0.1, 0.15) is 0 Å².